The molecule has 1 aromatic heterocycles. The van der Waals surface area contributed by atoms with E-state index in [0.29, 0.717) is 32.6 Å². The first kappa shape index (κ1) is 16.6. The van der Waals surface area contributed by atoms with Gasteiger partial charge in [-0.2, -0.15) is 0 Å². The molecule has 0 saturated carbocycles. The zero-order chi connectivity index (χ0) is 17.2. The van der Waals surface area contributed by atoms with E-state index in [2.05, 4.69) is 5.32 Å². The lowest BCUT2D eigenvalue weighted by molar-refractivity contribution is -0.130. The van der Waals surface area contributed by atoms with Crippen molar-refractivity contribution < 1.29 is 18.3 Å². The fourth-order valence-electron chi connectivity index (χ4n) is 3.23. The fraction of sp³-hybridized carbons (Fsp3) is 0.389. The number of nitrogens with one attached hydrogen (secondary N) is 1. The molecule has 2 heterocycles. The van der Waals surface area contributed by atoms with Crippen molar-refractivity contribution in [2.75, 3.05) is 13.2 Å². The predicted octanol–water partition coefficient (Wildman–Crippen LogP) is 2.67. The molecule has 0 atom stereocenters. The second-order valence-corrected chi connectivity index (χ2v) is 6.19. The molecule has 0 bridgehead atoms. The van der Waals surface area contributed by atoms with Crippen molar-refractivity contribution in [2.24, 2.45) is 7.05 Å². The molecule has 1 saturated heterocycles. The molecule has 1 aromatic carbocycles. The van der Waals surface area contributed by atoms with Gasteiger partial charge in [0.1, 0.15) is 11.6 Å². The van der Waals surface area contributed by atoms with Crippen LogP contribution in [0.15, 0.2) is 36.7 Å². The molecule has 0 aliphatic carbocycles. The maximum absolute atomic E-state index is 14.3. The van der Waals surface area contributed by atoms with E-state index in [1.54, 1.807) is 0 Å². The molecule has 0 spiro atoms. The highest BCUT2D eigenvalue weighted by atomic mass is 19.1. The zero-order valence-electron chi connectivity index (χ0n) is 13.5. The quantitative estimate of drug-likeness (QED) is 0.934. The van der Waals surface area contributed by atoms with Gasteiger partial charge in [0.25, 0.3) is 0 Å². The van der Waals surface area contributed by atoms with Gasteiger partial charge in [-0.05, 0) is 30.5 Å². The lowest BCUT2D eigenvalue weighted by atomic mass is 9.73. The fourth-order valence-corrected chi connectivity index (χ4v) is 3.23. The molecule has 1 amide bonds. The van der Waals surface area contributed by atoms with E-state index in [-0.39, 0.29) is 11.5 Å². The van der Waals surface area contributed by atoms with E-state index in [0.717, 1.165) is 11.6 Å². The Kier molecular flexibility index (Phi) is 4.66. The van der Waals surface area contributed by atoms with Crippen LogP contribution in [0.1, 0.15) is 24.0 Å². The van der Waals surface area contributed by atoms with Crippen molar-refractivity contribution in [1.82, 2.24) is 9.88 Å². The summed E-state index contributed by atoms with van der Waals surface area (Å²) < 4.78 is 34.8. The van der Waals surface area contributed by atoms with Crippen LogP contribution in [0.3, 0.4) is 0 Å². The van der Waals surface area contributed by atoms with Crippen molar-refractivity contribution >= 4 is 5.91 Å². The number of nitrogens with zero attached hydrogens (tertiary/aromatic N) is 1. The Hall–Kier alpha value is -2.21. The molecule has 128 valence electrons. The van der Waals surface area contributed by atoms with Gasteiger partial charge in [-0.1, -0.05) is 6.07 Å². The van der Waals surface area contributed by atoms with Gasteiger partial charge in [-0.3, -0.25) is 4.79 Å². The highest BCUT2D eigenvalue weighted by Gasteiger charge is 2.43. The summed E-state index contributed by atoms with van der Waals surface area (Å²) in [4.78, 5) is 12.9. The van der Waals surface area contributed by atoms with E-state index in [1.165, 1.54) is 12.1 Å². The molecule has 0 unspecified atom stereocenters. The number of aromatic nitrogens is 1. The topological polar surface area (TPSA) is 43.3 Å². The molecule has 1 aliphatic rings. The molecule has 1 aliphatic heterocycles. The third-order valence-electron chi connectivity index (χ3n) is 4.57. The maximum Gasteiger partial charge on any atom is 0.231 e. The average Bonchev–Trinajstić information content (AvgIpc) is 2.98. The number of aryl methyl sites for hydroxylation is 1. The Balaban J connectivity index is 1.86. The smallest absolute Gasteiger partial charge is 0.231 e. The van der Waals surface area contributed by atoms with Gasteiger partial charge < -0.3 is 14.6 Å². The second kappa shape index (κ2) is 6.73. The average molecular weight is 334 g/mol. The van der Waals surface area contributed by atoms with Crippen molar-refractivity contribution in [3.05, 3.63) is 59.4 Å². The highest BCUT2D eigenvalue weighted by Crippen LogP contribution is 2.37. The molecule has 2 aromatic rings. The molecule has 4 nitrogen and oxygen atoms in total. The first-order chi connectivity index (χ1) is 11.5. The number of halogens is 2. The highest BCUT2D eigenvalue weighted by molar-refractivity contribution is 5.88. The lowest BCUT2D eigenvalue weighted by Gasteiger charge is -2.36. The summed E-state index contributed by atoms with van der Waals surface area (Å²) >= 11 is 0. The van der Waals surface area contributed by atoms with E-state index < -0.39 is 17.0 Å². The SMILES string of the molecule is Cn1ccc(CNC(=O)C2(c3ccc(F)cc3F)CCOCC2)c1. The van der Waals surface area contributed by atoms with Crippen LogP contribution in [-0.2, 0) is 28.5 Å². The van der Waals surface area contributed by atoms with Gasteiger partial charge in [-0.15, -0.1) is 0 Å². The summed E-state index contributed by atoms with van der Waals surface area (Å²) in [6.45, 7) is 1.11. The van der Waals surface area contributed by atoms with Crippen LogP contribution < -0.4 is 5.32 Å². The number of hydrogen-bond acceptors (Lipinski definition) is 2. The maximum atomic E-state index is 14.3. The summed E-state index contributed by atoms with van der Waals surface area (Å²) in [6.07, 6.45) is 4.55. The summed E-state index contributed by atoms with van der Waals surface area (Å²) in [5.41, 5.74) is 0.176. The van der Waals surface area contributed by atoms with E-state index >= 15 is 0 Å². The van der Waals surface area contributed by atoms with Crippen molar-refractivity contribution in [1.29, 1.82) is 0 Å². The third kappa shape index (κ3) is 3.19. The summed E-state index contributed by atoms with van der Waals surface area (Å²) in [5, 5.41) is 2.89. The van der Waals surface area contributed by atoms with E-state index in [4.69, 9.17) is 4.74 Å². The van der Waals surface area contributed by atoms with Crippen LogP contribution in [0, 0.1) is 11.6 Å². The molecule has 6 heteroatoms. The van der Waals surface area contributed by atoms with Crippen molar-refractivity contribution in [3.63, 3.8) is 0 Å². The van der Waals surface area contributed by atoms with Crippen LogP contribution in [0.2, 0.25) is 0 Å². The summed E-state index contributed by atoms with van der Waals surface area (Å²) in [6, 6.07) is 5.31. The molecular formula is C18H20F2N2O2. The molecule has 3 rings (SSSR count). The number of hydrogen-bond donors (Lipinski definition) is 1. The van der Waals surface area contributed by atoms with Crippen LogP contribution in [-0.4, -0.2) is 23.7 Å². The number of amides is 1. The van der Waals surface area contributed by atoms with Crippen molar-refractivity contribution in [3.8, 4) is 0 Å². The lowest BCUT2D eigenvalue weighted by Crippen LogP contribution is -2.48. The van der Waals surface area contributed by atoms with Crippen LogP contribution in [0.25, 0.3) is 0 Å². The largest absolute Gasteiger partial charge is 0.381 e. The van der Waals surface area contributed by atoms with Crippen LogP contribution >= 0.6 is 0 Å². The predicted molar refractivity (Wildman–Crippen MR) is 85.3 cm³/mol. The van der Waals surface area contributed by atoms with E-state index in [1.807, 2.05) is 30.1 Å². The number of benzene rings is 1. The number of carbonyl (C=O) groups is 1. The molecular weight excluding hydrogens is 314 g/mol. The minimum atomic E-state index is -1.02. The monoisotopic (exact) mass is 334 g/mol. The zero-order valence-corrected chi connectivity index (χ0v) is 13.5. The van der Waals surface area contributed by atoms with Gasteiger partial charge in [0.2, 0.25) is 5.91 Å². The Labute approximate surface area is 139 Å². The van der Waals surface area contributed by atoms with Gasteiger partial charge in [0.05, 0.1) is 5.41 Å². The summed E-state index contributed by atoms with van der Waals surface area (Å²) in [7, 11) is 1.90. The Morgan fingerprint density at radius 3 is 2.67 bits per heavy atom. The van der Waals surface area contributed by atoms with Gasteiger partial charge >= 0.3 is 0 Å². The first-order valence-corrected chi connectivity index (χ1v) is 7.94. The summed E-state index contributed by atoms with van der Waals surface area (Å²) in [5.74, 6) is -1.59. The van der Waals surface area contributed by atoms with Crippen molar-refractivity contribution in [2.45, 2.75) is 24.8 Å². The van der Waals surface area contributed by atoms with Crippen LogP contribution in [0.4, 0.5) is 8.78 Å². The number of rotatable bonds is 4. The normalized spacial score (nSPS) is 16.8. The van der Waals surface area contributed by atoms with E-state index in [9.17, 15) is 13.6 Å². The number of ether oxygens (including phenoxy) is 1. The molecule has 24 heavy (non-hydrogen) atoms. The minimum absolute atomic E-state index is 0.234. The molecule has 0 radical (unpaired) electrons. The molecule has 1 N–H and O–H groups in total. The van der Waals surface area contributed by atoms with Crippen LogP contribution in [0.5, 0.6) is 0 Å². The Bertz CT molecular complexity index is 736. The minimum Gasteiger partial charge on any atom is -0.381 e. The molecule has 1 fully saturated rings. The van der Waals surface area contributed by atoms with Gasteiger partial charge in [-0.25, -0.2) is 8.78 Å². The Morgan fingerprint density at radius 1 is 1.29 bits per heavy atom. The van der Waals surface area contributed by atoms with Gasteiger partial charge in [0, 0.05) is 50.8 Å². The standard InChI is InChI=1S/C18H20F2N2O2/c1-22-7-4-13(12-22)11-21-17(23)18(5-8-24-9-6-18)15-3-2-14(19)10-16(15)20/h2-4,7,10,12H,5-6,8-9,11H2,1H3,(H,21,23). The van der Waals surface area contributed by atoms with Gasteiger partial charge in [0.15, 0.2) is 0 Å². The first-order valence-electron chi connectivity index (χ1n) is 7.94. The Morgan fingerprint density at radius 2 is 2.04 bits per heavy atom. The second-order valence-electron chi connectivity index (χ2n) is 6.19. The third-order valence-corrected chi connectivity index (χ3v) is 4.57. The number of carbonyl (C=O) groups excluding carboxylic acids is 1.